The molecule has 2 aliphatic rings. The van der Waals surface area contributed by atoms with E-state index in [9.17, 15) is 5.26 Å². The maximum Gasteiger partial charge on any atom is 0.164 e. The summed E-state index contributed by atoms with van der Waals surface area (Å²) in [6.07, 6.45) is 17.4. The molecule has 0 spiro atoms. The Morgan fingerprint density at radius 2 is 0.964 bits per heavy atom. The summed E-state index contributed by atoms with van der Waals surface area (Å²) in [7, 11) is 0. The third-order valence-corrected chi connectivity index (χ3v) is 10.0. The number of hydrogen-bond donors (Lipinski definition) is 0. The van der Waals surface area contributed by atoms with E-state index in [2.05, 4.69) is 42.5 Å². The zero-order chi connectivity index (χ0) is 37.7. The van der Waals surface area contributed by atoms with E-state index >= 15 is 0 Å². The molecule has 266 valence electrons. The standard InChI is InChI=1S/C49H35N7/c50-32-43-41(33-24-28-39(29-25-33)48-53-44(35-14-5-1-6-15-35)51-45(54-48)36-16-7-2-8-17-36)22-13-23-42(43)34-26-30-40(31-27-34)49-55-46(37-18-9-3-10-19-37)52-47(56-49)38-20-11-4-12-21-38/h1-11,13-16,18-20,22-31,36H,12,17,21H2. The largest absolute Gasteiger partial charge is 0.212 e. The van der Waals surface area contributed by atoms with Gasteiger partial charge in [0.25, 0.3) is 0 Å². The summed E-state index contributed by atoms with van der Waals surface area (Å²) < 4.78 is 0. The molecular formula is C49H35N7. The molecular weight excluding hydrogens is 687 g/mol. The average molecular weight is 722 g/mol. The molecule has 0 aliphatic heterocycles. The van der Waals surface area contributed by atoms with Gasteiger partial charge in [0.1, 0.15) is 11.9 Å². The Kier molecular flexibility index (Phi) is 9.51. The van der Waals surface area contributed by atoms with Crippen LogP contribution in [-0.4, -0.2) is 29.9 Å². The van der Waals surface area contributed by atoms with E-state index in [-0.39, 0.29) is 5.92 Å². The summed E-state index contributed by atoms with van der Waals surface area (Å²) >= 11 is 0. The summed E-state index contributed by atoms with van der Waals surface area (Å²) in [5, 5.41) is 10.5. The van der Waals surface area contributed by atoms with Crippen molar-refractivity contribution in [3.05, 3.63) is 187 Å². The van der Waals surface area contributed by atoms with Gasteiger partial charge in [-0.15, -0.1) is 0 Å². The van der Waals surface area contributed by atoms with Crippen LogP contribution in [0.25, 0.3) is 73.4 Å². The predicted molar refractivity (Wildman–Crippen MR) is 223 cm³/mol. The van der Waals surface area contributed by atoms with Crippen LogP contribution in [-0.2, 0) is 0 Å². The van der Waals surface area contributed by atoms with Gasteiger partial charge in [-0.2, -0.15) is 5.26 Å². The molecule has 2 heterocycles. The number of allylic oxidation sites excluding steroid dienone is 8. The first kappa shape index (κ1) is 34.3. The van der Waals surface area contributed by atoms with Crippen LogP contribution < -0.4 is 0 Å². The highest BCUT2D eigenvalue weighted by Gasteiger charge is 2.19. The first-order valence-electron chi connectivity index (χ1n) is 18.8. The molecule has 1 unspecified atom stereocenters. The highest BCUT2D eigenvalue weighted by Crippen LogP contribution is 2.35. The molecule has 56 heavy (non-hydrogen) atoms. The van der Waals surface area contributed by atoms with E-state index in [0.717, 1.165) is 75.2 Å². The lowest BCUT2D eigenvalue weighted by molar-refractivity contribution is 0.764. The molecule has 0 bridgehead atoms. The van der Waals surface area contributed by atoms with Gasteiger partial charge in [0.15, 0.2) is 29.1 Å². The summed E-state index contributed by atoms with van der Waals surface area (Å²) in [6, 6.07) is 44.7. The summed E-state index contributed by atoms with van der Waals surface area (Å²) in [6.45, 7) is 0. The van der Waals surface area contributed by atoms with Crippen LogP contribution in [0.5, 0.6) is 0 Å². The minimum absolute atomic E-state index is 0.0804. The molecule has 2 aliphatic carbocycles. The van der Waals surface area contributed by atoms with Crippen molar-refractivity contribution in [1.29, 1.82) is 5.26 Å². The molecule has 0 saturated carbocycles. The van der Waals surface area contributed by atoms with Crippen molar-refractivity contribution >= 4 is 5.57 Å². The molecule has 7 nitrogen and oxygen atoms in total. The van der Waals surface area contributed by atoms with Crippen LogP contribution >= 0.6 is 0 Å². The molecule has 5 aromatic carbocycles. The molecule has 0 amide bonds. The van der Waals surface area contributed by atoms with E-state index < -0.39 is 0 Å². The zero-order valence-corrected chi connectivity index (χ0v) is 30.5. The van der Waals surface area contributed by atoms with E-state index in [4.69, 9.17) is 29.9 Å². The molecule has 0 N–H and O–H groups in total. The van der Waals surface area contributed by atoms with Gasteiger partial charge in [0.2, 0.25) is 0 Å². The van der Waals surface area contributed by atoms with Crippen molar-refractivity contribution in [1.82, 2.24) is 29.9 Å². The summed E-state index contributed by atoms with van der Waals surface area (Å²) in [5.74, 6) is 4.04. The van der Waals surface area contributed by atoms with Crippen molar-refractivity contribution in [2.45, 2.75) is 25.2 Å². The van der Waals surface area contributed by atoms with Crippen molar-refractivity contribution < 1.29 is 0 Å². The third-order valence-electron chi connectivity index (χ3n) is 10.0. The normalized spacial score (nSPS) is 14.6. The molecule has 7 heteroatoms. The monoisotopic (exact) mass is 721 g/mol. The number of hydrogen-bond acceptors (Lipinski definition) is 7. The van der Waals surface area contributed by atoms with Gasteiger partial charge in [0, 0.05) is 39.3 Å². The van der Waals surface area contributed by atoms with Crippen LogP contribution in [0.4, 0.5) is 0 Å². The van der Waals surface area contributed by atoms with Crippen LogP contribution in [0.1, 0.15) is 42.4 Å². The Morgan fingerprint density at radius 3 is 1.45 bits per heavy atom. The molecule has 1 atom stereocenters. The number of nitriles is 1. The van der Waals surface area contributed by atoms with Gasteiger partial charge in [-0.3, -0.25) is 0 Å². The average Bonchev–Trinajstić information content (AvgIpc) is 3.29. The van der Waals surface area contributed by atoms with Gasteiger partial charge in [-0.05, 0) is 36.0 Å². The first-order chi connectivity index (χ1) is 27.7. The fourth-order valence-electron chi connectivity index (χ4n) is 7.08. The number of benzene rings is 5. The Bertz CT molecular complexity index is 2710. The number of nitrogens with zero attached hydrogens (tertiary/aromatic N) is 7. The van der Waals surface area contributed by atoms with Crippen molar-refractivity contribution in [2.24, 2.45) is 0 Å². The zero-order valence-electron chi connectivity index (χ0n) is 30.5. The topological polar surface area (TPSA) is 101 Å². The van der Waals surface area contributed by atoms with E-state index in [1.165, 1.54) is 0 Å². The van der Waals surface area contributed by atoms with Crippen LogP contribution in [0.3, 0.4) is 0 Å². The smallest absolute Gasteiger partial charge is 0.164 e. The highest BCUT2D eigenvalue weighted by molar-refractivity contribution is 5.83. The fourth-order valence-corrected chi connectivity index (χ4v) is 7.08. The van der Waals surface area contributed by atoms with Crippen LogP contribution in [0, 0.1) is 11.3 Å². The summed E-state index contributed by atoms with van der Waals surface area (Å²) in [4.78, 5) is 29.4. The lowest BCUT2D eigenvalue weighted by Gasteiger charge is -2.15. The van der Waals surface area contributed by atoms with Crippen molar-refractivity contribution in [3.8, 4) is 73.9 Å². The van der Waals surface area contributed by atoms with Gasteiger partial charge in [-0.25, -0.2) is 29.9 Å². The second kappa shape index (κ2) is 15.5. The van der Waals surface area contributed by atoms with Gasteiger partial charge in [-0.1, -0.05) is 170 Å². The summed E-state index contributed by atoms with van der Waals surface area (Å²) in [5.41, 5.74) is 8.90. The fraction of sp³-hybridized carbons (Fsp3) is 0.0816. The lowest BCUT2D eigenvalue weighted by atomic mass is 9.91. The molecule has 0 radical (unpaired) electrons. The Morgan fingerprint density at radius 1 is 0.464 bits per heavy atom. The lowest BCUT2D eigenvalue weighted by Crippen LogP contribution is -2.07. The molecule has 0 saturated heterocycles. The Hall–Kier alpha value is -7.43. The molecule has 0 fully saturated rings. The van der Waals surface area contributed by atoms with E-state index in [1.807, 2.05) is 133 Å². The van der Waals surface area contributed by atoms with Gasteiger partial charge < -0.3 is 0 Å². The minimum Gasteiger partial charge on any atom is -0.212 e. The maximum absolute atomic E-state index is 10.5. The quantitative estimate of drug-likeness (QED) is 0.154. The van der Waals surface area contributed by atoms with Crippen molar-refractivity contribution in [3.63, 3.8) is 0 Å². The SMILES string of the molecule is N#Cc1c(-c2ccc(-c3nc(C4=CC=CCC4)nc(-c4ccccc4)n3)cc2)cccc1-c1ccc(-c2nc(-c3ccccc3)nc(C3C=CC=CC3)n2)cc1. The first-order valence-corrected chi connectivity index (χ1v) is 18.8. The number of aromatic nitrogens is 6. The van der Waals surface area contributed by atoms with Crippen LogP contribution in [0.15, 0.2) is 170 Å². The van der Waals surface area contributed by atoms with E-state index in [1.54, 1.807) is 0 Å². The maximum atomic E-state index is 10.5. The third kappa shape index (κ3) is 7.12. The molecule has 7 aromatic rings. The predicted octanol–water partition coefficient (Wildman–Crippen LogP) is 11.3. The number of rotatable bonds is 8. The Labute approximate surface area is 325 Å². The molecule has 2 aromatic heterocycles. The van der Waals surface area contributed by atoms with E-state index in [0.29, 0.717) is 34.7 Å². The second-order valence-electron chi connectivity index (χ2n) is 13.7. The minimum atomic E-state index is 0.0804. The van der Waals surface area contributed by atoms with Gasteiger partial charge >= 0.3 is 0 Å². The van der Waals surface area contributed by atoms with Crippen molar-refractivity contribution in [2.75, 3.05) is 0 Å². The highest BCUT2D eigenvalue weighted by atomic mass is 15.0. The van der Waals surface area contributed by atoms with Crippen LogP contribution in [0.2, 0.25) is 0 Å². The molecule has 9 rings (SSSR count). The second-order valence-corrected chi connectivity index (χ2v) is 13.7. The van der Waals surface area contributed by atoms with Gasteiger partial charge in [0.05, 0.1) is 5.56 Å². The Balaban J connectivity index is 1.03.